The quantitative estimate of drug-likeness (QED) is 0.647. The van der Waals surface area contributed by atoms with Gasteiger partial charge in [0.1, 0.15) is 5.78 Å². The normalized spacial score (nSPS) is 14.9. The van der Waals surface area contributed by atoms with Crippen LogP contribution in [0.15, 0.2) is 0 Å². The number of ketones is 1. The van der Waals surface area contributed by atoms with E-state index in [9.17, 15) is 13.6 Å². The van der Waals surface area contributed by atoms with Crippen molar-refractivity contribution in [3.8, 4) is 0 Å². The molecule has 0 aromatic rings. The zero-order valence-corrected chi connectivity index (χ0v) is 8.03. The summed E-state index contributed by atoms with van der Waals surface area (Å²) < 4.78 is 25.2. The minimum Gasteiger partial charge on any atom is -0.299 e. The largest absolute Gasteiger partial charge is 0.299 e. The van der Waals surface area contributed by atoms with E-state index in [1.807, 2.05) is 0 Å². The predicted molar refractivity (Wildman–Crippen MR) is 44.2 cm³/mol. The van der Waals surface area contributed by atoms with Crippen LogP contribution in [0.5, 0.6) is 0 Å². The maximum Gasteiger partial charge on any atom is 0.248 e. The van der Waals surface area contributed by atoms with Crippen molar-refractivity contribution >= 4 is 5.78 Å². The summed E-state index contributed by atoms with van der Waals surface area (Å²) in [6, 6.07) is 0. The summed E-state index contributed by atoms with van der Waals surface area (Å²) in [6.07, 6.45) is -0.0266. The molecule has 0 spiro atoms. The molecular weight excluding hydrogens is 162 g/mol. The number of alkyl halides is 2. The summed E-state index contributed by atoms with van der Waals surface area (Å²) in [5.74, 6) is -3.84. The monoisotopic (exact) mass is 178 g/mol. The molecule has 0 aromatic carbocycles. The van der Waals surface area contributed by atoms with Gasteiger partial charge in [-0.05, 0) is 6.92 Å². The first kappa shape index (κ1) is 11.5. The summed E-state index contributed by atoms with van der Waals surface area (Å²) in [6.45, 7) is 5.71. The van der Waals surface area contributed by atoms with Gasteiger partial charge in [-0.3, -0.25) is 4.79 Å². The Bertz CT molecular complexity index is 158. The number of carbonyl (C=O) groups is 1. The van der Waals surface area contributed by atoms with Gasteiger partial charge in [-0.1, -0.05) is 20.8 Å². The lowest BCUT2D eigenvalue weighted by Gasteiger charge is -2.19. The number of hydrogen-bond acceptors (Lipinski definition) is 1. The summed E-state index contributed by atoms with van der Waals surface area (Å²) in [5.41, 5.74) is 0. The van der Waals surface area contributed by atoms with Crippen LogP contribution in [0, 0.1) is 11.8 Å². The Labute approximate surface area is 72.2 Å². The number of carbonyl (C=O) groups excluding carboxylic acids is 1. The molecule has 0 saturated heterocycles. The highest BCUT2D eigenvalue weighted by atomic mass is 19.3. The molecule has 0 aromatic heterocycles. The van der Waals surface area contributed by atoms with Crippen molar-refractivity contribution in [3.63, 3.8) is 0 Å². The number of hydrogen-bond donors (Lipinski definition) is 0. The first-order valence-electron chi connectivity index (χ1n) is 4.15. The van der Waals surface area contributed by atoms with E-state index in [-0.39, 0.29) is 18.1 Å². The first-order chi connectivity index (χ1) is 5.25. The average Bonchev–Trinajstić information content (AvgIpc) is 1.85. The smallest absolute Gasteiger partial charge is 0.248 e. The van der Waals surface area contributed by atoms with Crippen LogP contribution in [0.1, 0.15) is 34.1 Å². The Kier molecular flexibility index (Phi) is 3.81. The van der Waals surface area contributed by atoms with Crippen molar-refractivity contribution in [2.24, 2.45) is 11.8 Å². The third-order valence-electron chi connectivity index (χ3n) is 2.02. The van der Waals surface area contributed by atoms with Gasteiger partial charge in [-0.15, -0.1) is 0 Å². The molecule has 1 atom stereocenters. The molecule has 0 amide bonds. The second-order valence-electron chi connectivity index (χ2n) is 3.68. The van der Waals surface area contributed by atoms with Crippen LogP contribution in [-0.2, 0) is 4.79 Å². The van der Waals surface area contributed by atoms with Crippen molar-refractivity contribution in [3.05, 3.63) is 0 Å². The maximum absolute atomic E-state index is 12.6. The summed E-state index contributed by atoms with van der Waals surface area (Å²) in [4.78, 5) is 11.1. The second-order valence-corrected chi connectivity index (χ2v) is 3.68. The van der Waals surface area contributed by atoms with E-state index in [4.69, 9.17) is 0 Å². The molecule has 0 fully saturated rings. The van der Waals surface area contributed by atoms with E-state index >= 15 is 0 Å². The summed E-state index contributed by atoms with van der Waals surface area (Å²) >= 11 is 0. The third-order valence-corrected chi connectivity index (χ3v) is 2.02. The van der Waals surface area contributed by atoms with Crippen molar-refractivity contribution in [2.45, 2.75) is 40.0 Å². The highest BCUT2D eigenvalue weighted by Gasteiger charge is 2.31. The molecule has 0 aliphatic rings. The van der Waals surface area contributed by atoms with Crippen LogP contribution in [0.25, 0.3) is 0 Å². The molecule has 0 heterocycles. The van der Waals surface area contributed by atoms with Crippen LogP contribution < -0.4 is 0 Å². The van der Waals surface area contributed by atoms with Gasteiger partial charge in [0.05, 0.1) is 0 Å². The molecule has 0 radical (unpaired) electrons. The van der Waals surface area contributed by atoms with Gasteiger partial charge in [0, 0.05) is 18.3 Å². The van der Waals surface area contributed by atoms with Gasteiger partial charge in [0.2, 0.25) is 5.92 Å². The molecule has 0 bridgehead atoms. The standard InChI is InChI=1S/C9H16F2O/c1-6(2)8(12)5-7(3)9(4,10)11/h6-7H,5H2,1-4H3. The Morgan fingerprint density at radius 2 is 1.75 bits per heavy atom. The molecule has 0 N–H and O–H groups in total. The molecular formula is C9H16F2O. The topological polar surface area (TPSA) is 17.1 Å². The molecule has 12 heavy (non-hydrogen) atoms. The summed E-state index contributed by atoms with van der Waals surface area (Å²) in [7, 11) is 0. The lowest BCUT2D eigenvalue weighted by atomic mass is 9.94. The Morgan fingerprint density at radius 1 is 1.33 bits per heavy atom. The van der Waals surface area contributed by atoms with Gasteiger partial charge in [-0.2, -0.15) is 0 Å². The van der Waals surface area contributed by atoms with E-state index in [0.717, 1.165) is 6.92 Å². The predicted octanol–water partition coefficient (Wildman–Crippen LogP) is 2.89. The molecule has 0 aliphatic carbocycles. The van der Waals surface area contributed by atoms with E-state index in [1.54, 1.807) is 13.8 Å². The fourth-order valence-corrected chi connectivity index (χ4v) is 0.717. The number of rotatable bonds is 4. The number of halogens is 2. The highest BCUT2D eigenvalue weighted by molar-refractivity contribution is 5.80. The maximum atomic E-state index is 12.6. The Hall–Kier alpha value is -0.470. The van der Waals surface area contributed by atoms with E-state index in [2.05, 4.69) is 0 Å². The van der Waals surface area contributed by atoms with E-state index in [0.29, 0.717) is 0 Å². The third kappa shape index (κ3) is 3.79. The van der Waals surface area contributed by atoms with E-state index < -0.39 is 11.8 Å². The Morgan fingerprint density at radius 3 is 2.00 bits per heavy atom. The molecule has 0 rings (SSSR count). The van der Waals surface area contributed by atoms with Gasteiger partial charge in [-0.25, -0.2) is 8.78 Å². The molecule has 1 unspecified atom stereocenters. The number of Topliss-reactive ketones (excluding diaryl/α,β-unsaturated/α-hetero) is 1. The molecule has 0 saturated carbocycles. The Balaban J connectivity index is 4.02. The summed E-state index contributed by atoms with van der Waals surface area (Å²) in [5, 5.41) is 0. The van der Waals surface area contributed by atoms with Crippen molar-refractivity contribution in [1.29, 1.82) is 0 Å². The van der Waals surface area contributed by atoms with Gasteiger partial charge < -0.3 is 0 Å². The van der Waals surface area contributed by atoms with Crippen LogP contribution >= 0.6 is 0 Å². The van der Waals surface area contributed by atoms with E-state index in [1.165, 1.54) is 6.92 Å². The molecule has 72 valence electrons. The van der Waals surface area contributed by atoms with Crippen LogP contribution in [-0.4, -0.2) is 11.7 Å². The fraction of sp³-hybridized carbons (Fsp3) is 0.889. The van der Waals surface area contributed by atoms with Gasteiger partial charge >= 0.3 is 0 Å². The lowest BCUT2D eigenvalue weighted by molar-refractivity contribution is -0.126. The van der Waals surface area contributed by atoms with Crippen molar-refractivity contribution < 1.29 is 13.6 Å². The minimum absolute atomic E-state index is 0.0266. The molecule has 1 nitrogen and oxygen atoms in total. The zero-order valence-electron chi connectivity index (χ0n) is 8.03. The van der Waals surface area contributed by atoms with Gasteiger partial charge in [0.25, 0.3) is 0 Å². The van der Waals surface area contributed by atoms with Crippen LogP contribution in [0.4, 0.5) is 8.78 Å². The van der Waals surface area contributed by atoms with Crippen molar-refractivity contribution in [2.75, 3.05) is 0 Å². The molecule has 0 aliphatic heterocycles. The van der Waals surface area contributed by atoms with Crippen LogP contribution in [0.2, 0.25) is 0 Å². The zero-order chi connectivity index (χ0) is 9.94. The van der Waals surface area contributed by atoms with Gasteiger partial charge in [0.15, 0.2) is 0 Å². The van der Waals surface area contributed by atoms with Crippen molar-refractivity contribution in [1.82, 2.24) is 0 Å². The fourth-order valence-electron chi connectivity index (χ4n) is 0.717. The molecule has 3 heteroatoms. The SMILES string of the molecule is CC(C)C(=O)CC(C)C(C)(F)F. The highest BCUT2D eigenvalue weighted by Crippen LogP contribution is 2.26. The van der Waals surface area contributed by atoms with Crippen LogP contribution in [0.3, 0.4) is 0 Å². The average molecular weight is 178 g/mol. The minimum atomic E-state index is -2.75. The first-order valence-corrected chi connectivity index (χ1v) is 4.15. The second kappa shape index (κ2) is 3.97. The lowest BCUT2D eigenvalue weighted by Crippen LogP contribution is -2.25.